The quantitative estimate of drug-likeness (QED) is 0.275. The van der Waals surface area contributed by atoms with Crippen molar-refractivity contribution in [2.45, 2.75) is 13.5 Å². The minimum Gasteiger partial charge on any atom is -0.624 e. The molecule has 1 aromatic heterocycles. The van der Waals surface area contributed by atoms with Crippen molar-refractivity contribution in [2.24, 2.45) is 0 Å². The summed E-state index contributed by atoms with van der Waals surface area (Å²) in [7, 11) is 0. The van der Waals surface area contributed by atoms with Crippen LogP contribution in [0.15, 0.2) is 24.5 Å². The Hall–Kier alpha value is -1.38. The maximum absolute atomic E-state index is 10.8. The van der Waals surface area contributed by atoms with Crippen molar-refractivity contribution < 1.29 is 4.74 Å². The molecule has 0 aromatic carbocycles. The Kier molecular flexibility index (Phi) is 2.60. The Balaban J connectivity index is 2.65. The van der Waals surface area contributed by atoms with E-state index in [-0.39, 0.29) is 0 Å². The first-order valence-electron chi connectivity index (χ1n) is 3.45. The topological polar surface area (TPSA) is 39.0 Å². The molecular weight excluding hydrogens is 140 g/mol. The van der Waals surface area contributed by atoms with Gasteiger partial charge in [0.1, 0.15) is 6.21 Å². The second-order valence-corrected chi connectivity index (χ2v) is 2.19. The molecule has 1 aromatic rings. The minimum atomic E-state index is 0.402. The third-order valence-electron chi connectivity index (χ3n) is 1.38. The summed E-state index contributed by atoms with van der Waals surface area (Å²) >= 11 is 0. The lowest BCUT2D eigenvalue weighted by molar-refractivity contribution is -0.470. The van der Waals surface area contributed by atoms with Gasteiger partial charge in [-0.3, -0.25) is 4.98 Å². The predicted octanol–water partition coefficient (Wildman–Crippen LogP) is 1.18. The summed E-state index contributed by atoms with van der Waals surface area (Å²) in [6, 6.07) is 3.66. The predicted molar refractivity (Wildman–Crippen MR) is 43.3 cm³/mol. The van der Waals surface area contributed by atoms with Crippen LogP contribution in [0.2, 0.25) is 0 Å². The summed E-state index contributed by atoms with van der Waals surface area (Å²) in [5.41, 5.74) is 0.980. The molecule has 0 radical (unpaired) electrons. The fourth-order valence-corrected chi connectivity index (χ4v) is 0.759. The first-order valence-corrected chi connectivity index (χ1v) is 3.45. The summed E-state index contributed by atoms with van der Waals surface area (Å²) in [5, 5.41) is 10.8. The van der Waals surface area contributed by atoms with Crippen molar-refractivity contribution in [3.8, 4) is 0 Å². The molecule has 0 aliphatic rings. The molecule has 3 nitrogen and oxygen atoms in total. The lowest BCUT2D eigenvalue weighted by Crippen LogP contribution is -2.02. The lowest BCUT2D eigenvalue weighted by Gasteiger charge is -2.01. The minimum absolute atomic E-state index is 0.402. The van der Waals surface area contributed by atoms with E-state index in [0.29, 0.717) is 6.54 Å². The number of rotatable bonds is 2. The molecule has 0 unspecified atom stereocenters. The van der Waals surface area contributed by atoms with Gasteiger partial charge in [0.25, 0.3) is 0 Å². The molecule has 1 heterocycles. The summed E-state index contributed by atoms with van der Waals surface area (Å²) in [6.07, 6.45) is 4.86. The fourth-order valence-electron chi connectivity index (χ4n) is 0.759. The molecule has 0 fully saturated rings. The second-order valence-electron chi connectivity index (χ2n) is 2.19. The molecule has 0 amide bonds. The highest BCUT2D eigenvalue weighted by molar-refractivity contribution is 5.46. The van der Waals surface area contributed by atoms with Crippen LogP contribution in [-0.4, -0.2) is 15.9 Å². The molecule has 0 aliphatic heterocycles. The Bertz CT molecular complexity index is 244. The third kappa shape index (κ3) is 2.37. The van der Waals surface area contributed by atoms with E-state index in [0.717, 1.165) is 10.3 Å². The molecule has 3 heteroatoms. The second kappa shape index (κ2) is 3.71. The highest BCUT2D eigenvalue weighted by Gasteiger charge is 1.93. The summed E-state index contributed by atoms with van der Waals surface area (Å²) in [6.45, 7) is 2.12. The molecule has 1 rings (SSSR count). The van der Waals surface area contributed by atoms with E-state index in [4.69, 9.17) is 0 Å². The Morgan fingerprint density at radius 1 is 1.55 bits per heavy atom. The first-order chi connectivity index (χ1) is 5.33. The van der Waals surface area contributed by atoms with Crippen LogP contribution in [0.1, 0.15) is 12.5 Å². The molecule has 11 heavy (non-hydrogen) atoms. The number of hydrogen-bond donors (Lipinski definition) is 0. The maximum Gasteiger partial charge on any atom is 0.178 e. The molecule has 0 saturated carbocycles. The zero-order valence-corrected chi connectivity index (χ0v) is 6.40. The summed E-state index contributed by atoms with van der Waals surface area (Å²) in [5.74, 6) is 0. The third-order valence-corrected chi connectivity index (χ3v) is 1.38. The highest BCUT2D eigenvalue weighted by atomic mass is 16.5. The number of hydroxylamine groups is 1. The Morgan fingerprint density at radius 2 is 2.18 bits per heavy atom. The van der Waals surface area contributed by atoms with Gasteiger partial charge in [-0.15, -0.1) is 0 Å². The van der Waals surface area contributed by atoms with Crippen LogP contribution in [-0.2, 0) is 6.54 Å². The Morgan fingerprint density at radius 3 is 2.73 bits per heavy atom. The van der Waals surface area contributed by atoms with Gasteiger partial charge in [0.2, 0.25) is 0 Å². The zero-order valence-electron chi connectivity index (χ0n) is 6.40. The van der Waals surface area contributed by atoms with E-state index in [1.54, 1.807) is 19.3 Å². The average Bonchev–Trinajstić information content (AvgIpc) is 2.06. The number of hydrogen-bond acceptors (Lipinski definition) is 2. The molecule has 0 aliphatic carbocycles. The summed E-state index contributed by atoms with van der Waals surface area (Å²) < 4.78 is 0.884. The van der Waals surface area contributed by atoms with E-state index in [1.807, 2.05) is 12.1 Å². The normalized spacial score (nSPS) is 11.5. The van der Waals surface area contributed by atoms with Crippen LogP contribution >= 0.6 is 0 Å². The van der Waals surface area contributed by atoms with Crippen LogP contribution in [0.4, 0.5) is 0 Å². The zero-order chi connectivity index (χ0) is 8.10. The van der Waals surface area contributed by atoms with Crippen LogP contribution < -0.4 is 0 Å². The molecule has 0 saturated heterocycles. The average molecular weight is 150 g/mol. The first kappa shape index (κ1) is 7.72. The van der Waals surface area contributed by atoms with Gasteiger partial charge in [-0.2, -0.15) is 0 Å². The van der Waals surface area contributed by atoms with Crippen molar-refractivity contribution in [1.82, 2.24) is 4.98 Å². The maximum atomic E-state index is 10.8. The molecule has 0 N–H and O–H groups in total. The number of nitrogens with zero attached hydrogens (tertiary/aromatic N) is 2. The molecule has 0 bridgehead atoms. The van der Waals surface area contributed by atoms with Gasteiger partial charge >= 0.3 is 0 Å². The van der Waals surface area contributed by atoms with Gasteiger partial charge in [-0.05, 0) is 12.1 Å². The fraction of sp³-hybridized carbons (Fsp3) is 0.250. The number of aromatic nitrogens is 1. The SMILES string of the molecule is C/C=[N+](\[O-])Cc1ccncc1. The van der Waals surface area contributed by atoms with Gasteiger partial charge in [-0.1, -0.05) is 0 Å². The van der Waals surface area contributed by atoms with Crippen molar-refractivity contribution in [1.29, 1.82) is 0 Å². The highest BCUT2D eigenvalue weighted by Crippen LogP contribution is 1.96. The van der Waals surface area contributed by atoms with E-state index in [1.165, 1.54) is 6.21 Å². The van der Waals surface area contributed by atoms with Gasteiger partial charge < -0.3 is 5.21 Å². The van der Waals surface area contributed by atoms with Crippen molar-refractivity contribution in [3.05, 3.63) is 35.3 Å². The van der Waals surface area contributed by atoms with Crippen LogP contribution in [0, 0.1) is 5.21 Å². The van der Waals surface area contributed by atoms with Crippen LogP contribution in [0.5, 0.6) is 0 Å². The van der Waals surface area contributed by atoms with E-state index < -0.39 is 0 Å². The van der Waals surface area contributed by atoms with E-state index in [2.05, 4.69) is 4.98 Å². The van der Waals surface area contributed by atoms with E-state index >= 15 is 0 Å². The molecule has 0 spiro atoms. The van der Waals surface area contributed by atoms with Gasteiger partial charge in [-0.25, -0.2) is 4.74 Å². The van der Waals surface area contributed by atoms with Gasteiger partial charge in [0, 0.05) is 24.9 Å². The molecule has 0 atom stereocenters. The summed E-state index contributed by atoms with van der Waals surface area (Å²) in [4.78, 5) is 3.85. The van der Waals surface area contributed by atoms with Crippen LogP contribution in [0.25, 0.3) is 0 Å². The Labute approximate surface area is 65.6 Å². The standard InChI is InChI=1S/C8H10N2O/c1-2-10(11)7-8-3-5-9-6-4-8/h2-6H,7H2,1H3/b10-2-. The lowest BCUT2D eigenvalue weighted by atomic mass is 10.3. The van der Waals surface area contributed by atoms with Gasteiger partial charge in [0.05, 0.1) is 0 Å². The smallest absolute Gasteiger partial charge is 0.178 e. The monoisotopic (exact) mass is 150 g/mol. The number of pyridine rings is 1. The van der Waals surface area contributed by atoms with Crippen LogP contribution in [0.3, 0.4) is 0 Å². The van der Waals surface area contributed by atoms with E-state index in [9.17, 15) is 5.21 Å². The van der Waals surface area contributed by atoms with Crippen molar-refractivity contribution >= 4 is 6.21 Å². The van der Waals surface area contributed by atoms with Gasteiger partial charge in [0.15, 0.2) is 6.54 Å². The molecular formula is C8H10N2O. The largest absolute Gasteiger partial charge is 0.624 e. The van der Waals surface area contributed by atoms with Crippen molar-refractivity contribution in [2.75, 3.05) is 0 Å². The molecule has 58 valence electrons. The van der Waals surface area contributed by atoms with Crippen molar-refractivity contribution in [3.63, 3.8) is 0 Å².